The van der Waals surface area contributed by atoms with Gasteiger partial charge in [0.25, 0.3) is 0 Å². The Hall–Kier alpha value is -1.46. The molecule has 0 amide bonds. The predicted octanol–water partition coefficient (Wildman–Crippen LogP) is 2.25. The third-order valence-corrected chi connectivity index (χ3v) is 3.96. The van der Waals surface area contributed by atoms with Crippen molar-refractivity contribution < 1.29 is 19.0 Å². The Labute approximate surface area is 124 Å². The maximum Gasteiger partial charge on any atom is 0.340 e. The first kappa shape index (κ1) is 15.9. The normalized spacial score (nSPS) is 22.0. The van der Waals surface area contributed by atoms with Crippen molar-refractivity contribution in [1.82, 2.24) is 5.32 Å². The number of rotatable bonds is 5. The third kappa shape index (κ3) is 4.51. The van der Waals surface area contributed by atoms with Gasteiger partial charge in [0.15, 0.2) is 0 Å². The van der Waals surface area contributed by atoms with Crippen molar-refractivity contribution >= 4 is 5.97 Å². The van der Waals surface area contributed by atoms with Crippen molar-refractivity contribution in [3.8, 4) is 0 Å². The van der Waals surface area contributed by atoms with Gasteiger partial charge in [-0.2, -0.15) is 0 Å². The summed E-state index contributed by atoms with van der Waals surface area (Å²) in [7, 11) is 1.23. The molecule has 1 aromatic carbocycles. The maximum atomic E-state index is 13.8. The van der Waals surface area contributed by atoms with E-state index in [-0.39, 0.29) is 11.7 Å². The Bertz CT molecular complexity index is 492. The van der Waals surface area contributed by atoms with Gasteiger partial charge >= 0.3 is 5.97 Å². The first-order valence-corrected chi connectivity index (χ1v) is 7.35. The van der Waals surface area contributed by atoms with Gasteiger partial charge in [0.2, 0.25) is 0 Å². The van der Waals surface area contributed by atoms with Gasteiger partial charge in [-0.05, 0) is 49.4 Å². The number of carbonyl (C=O) groups is 1. The lowest BCUT2D eigenvalue weighted by atomic mass is 9.87. The van der Waals surface area contributed by atoms with Gasteiger partial charge in [-0.25, -0.2) is 9.18 Å². The van der Waals surface area contributed by atoms with Crippen LogP contribution in [0.2, 0.25) is 0 Å². The summed E-state index contributed by atoms with van der Waals surface area (Å²) >= 11 is 0. The average Bonchev–Trinajstić information content (AvgIpc) is 2.47. The van der Waals surface area contributed by atoms with Crippen molar-refractivity contribution in [2.45, 2.75) is 38.3 Å². The van der Waals surface area contributed by atoms with Gasteiger partial charge in [-0.3, -0.25) is 0 Å². The summed E-state index contributed by atoms with van der Waals surface area (Å²) in [4.78, 5) is 11.3. The van der Waals surface area contributed by atoms with Crippen molar-refractivity contribution in [3.05, 3.63) is 35.1 Å². The first-order chi connectivity index (χ1) is 10.1. The standard InChI is InChI=1S/C16H22FNO3/c1-21-16(20)14-6-5-12(8-15(14)17)10-18-9-11-3-2-4-13(19)7-11/h5-6,8,11,13,18-19H,2-4,7,9-10H2,1H3. The molecule has 2 unspecified atom stereocenters. The topological polar surface area (TPSA) is 58.6 Å². The number of nitrogens with one attached hydrogen (secondary N) is 1. The van der Waals surface area contributed by atoms with E-state index in [9.17, 15) is 14.3 Å². The molecule has 0 radical (unpaired) electrons. The number of hydrogen-bond acceptors (Lipinski definition) is 4. The Morgan fingerprint density at radius 2 is 2.29 bits per heavy atom. The predicted molar refractivity (Wildman–Crippen MR) is 77.4 cm³/mol. The molecular weight excluding hydrogens is 273 g/mol. The molecule has 1 aromatic rings. The highest BCUT2D eigenvalue weighted by Gasteiger charge is 2.19. The van der Waals surface area contributed by atoms with Crippen LogP contribution in [0.25, 0.3) is 0 Å². The fraction of sp³-hybridized carbons (Fsp3) is 0.562. The highest BCUT2D eigenvalue weighted by Crippen LogP contribution is 2.23. The van der Waals surface area contributed by atoms with E-state index in [1.807, 2.05) is 0 Å². The summed E-state index contributed by atoms with van der Waals surface area (Å²) in [6, 6.07) is 4.52. The number of aliphatic hydroxyl groups excluding tert-OH is 1. The second-order valence-electron chi connectivity index (χ2n) is 5.62. The van der Waals surface area contributed by atoms with E-state index in [1.165, 1.54) is 19.2 Å². The highest BCUT2D eigenvalue weighted by molar-refractivity contribution is 5.89. The van der Waals surface area contributed by atoms with Crippen LogP contribution in [0.15, 0.2) is 18.2 Å². The van der Waals surface area contributed by atoms with E-state index in [0.717, 1.165) is 37.8 Å². The molecule has 116 valence electrons. The minimum Gasteiger partial charge on any atom is -0.465 e. The van der Waals surface area contributed by atoms with Gasteiger partial charge in [-0.1, -0.05) is 12.5 Å². The zero-order valence-electron chi connectivity index (χ0n) is 12.3. The number of hydrogen-bond donors (Lipinski definition) is 2. The summed E-state index contributed by atoms with van der Waals surface area (Å²) in [5.41, 5.74) is 0.744. The quantitative estimate of drug-likeness (QED) is 0.818. The molecule has 0 saturated heterocycles. The van der Waals surface area contributed by atoms with E-state index >= 15 is 0 Å². The molecule has 1 aliphatic rings. The maximum absolute atomic E-state index is 13.8. The highest BCUT2D eigenvalue weighted by atomic mass is 19.1. The molecule has 0 bridgehead atoms. The second-order valence-corrected chi connectivity index (χ2v) is 5.62. The van der Waals surface area contributed by atoms with E-state index in [0.29, 0.717) is 12.5 Å². The van der Waals surface area contributed by atoms with Gasteiger partial charge in [0.1, 0.15) is 5.82 Å². The second kappa shape index (κ2) is 7.52. The summed E-state index contributed by atoms with van der Waals surface area (Å²) in [5.74, 6) is -0.745. The fourth-order valence-corrected chi connectivity index (χ4v) is 2.81. The summed E-state index contributed by atoms with van der Waals surface area (Å²) < 4.78 is 18.3. The van der Waals surface area contributed by atoms with Crippen molar-refractivity contribution in [2.75, 3.05) is 13.7 Å². The number of halogens is 1. The van der Waals surface area contributed by atoms with E-state index in [1.54, 1.807) is 6.07 Å². The van der Waals surface area contributed by atoms with Crippen LogP contribution >= 0.6 is 0 Å². The van der Waals surface area contributed by atoms with Crippen LogP contribution in [0.1, 0.15) is 41.6 Å². The van der Waals surface area contributed by atoms with Crippen molar-refractivity contribution in [2.24, 2.45) is 5.92 Å². The number of carbonyl (C=O) groups excluding carboxylic acids is 1. The molecular formula is C16H22FNO3. The van der Waals surface area contributed by atoms with Crippen molar-refractivity contribution in [3.63, 3.8) is 0 Å². The SMILES string of the molecule is COC(=O)c1ccc(CNCC2CCCC(O)C2)cc1F. The van der Waals surface area contributed by atoms with Crippen LogP contribution in [-0.2, 0) is 11.3 Å². The zero-order chi connectivity index (χ0) is 15.2. The van der Waals surface area contributed by atoms with E-state index in [4.69, 9.17) is 0 Å². The minimum atomic E-state index is -0.664. The molecule has 0 spiro atoms. The molecule has 0 heterocycles. The summed E-state index contributed by atoms with van der Waals surface area (Å²) in [6.07, 6.45) is 3.75. The number of ether oxygens (including phenoxy) is 1. The minimum absolute atomic E-state index is 0.0448. The number of benzene rings is 1. The lowest BCUT2D eigenvalue weighted by Gasteiger charge is -2.26. The molecule has 0 aromatic heterocycles. The lowest BCUT2D eigenvalue weighted by molar-refractivity contribution is 0.0595. The van der Waals surface area contributed by atoms with Gasteiger partial charge < -0.3 is 15.2 Å². The van der Waals surface area contributed by atoms with Gasteiger partial charge in [-0.15, -0.1) is 0 Å². The Kier molecular flexibility index (Phi) is 5.70. The lowest BCUT2D eigenvalue weighted by Crippen LogP contribution is -2.28. The van der Waals surface area contributed by atoms with Gasteiger partial charge in [0.05, 0.1) is 18.8 Å². The number of esters is 1. The summed E-state index contributed by atoms with van der Waals surface area (Å²) in [5, 5.41) is 12.9. The van der Waals surface area contributed by atoms with Crippen LogP contribution in [0.5, 0.6) is 0 Å². The molecule has 21 heavy (non-hydrogen) atoms. The van der Waals surface area contributed by atoms with E-state index in [2.05, 4.69) is 10.1 Å². The molecule has 1 fully saturated rings. The molecule has 4 nitrogen and oxygen atoms in total. The van der Waals surface area contributed by atoms with Crippen LogP contribution < -0.4 is 5.32 Å². The number of aliphatic hydroxyl groups is 1. The first-order valence-electron chi connectivity index (χ1n) is 7.35. The Balaban J connectivity index is 1.83. The largest absolute Gasteiger partial charge is 0.465 e. The van der Waals surface area contributed by atoms with E-state index < -0.39 is 11.8 Å². The number of methoxy groups -OCH3 is 1. The molecule has 0 aliphatic heterocycles. The molecule has 2 atom stereocenters. The zero-order valence-corrected chi connectivity index (χ0v) is 12.3. The van der Waals surface area contributed by atoms with Crippen LogP contribution in [0, 0.1) is 11.7 Å². The third-order valence-electron chi connectivity index (χ3n) is 3.96. The monoisotopic (exact) mass is 295 g/mol. The smallest absolute Gasteiger partial charge is 0.340 e. The molecule has 1 aliphatic carbocycles. The molecule has 5 heteroatoms. The van der Waals surface area contributed by atoms with Crippen LogP contribution in [0.4, 0.5) is 4.39 Å². The van der Waals surface area contributed by atoms with Gasteiger partial charge in [0, 0.05) is 6.54 Å². The van der Waals surface area contributed by atoms with Crippen molar-refractivity contribution in [1.29, 1.82) is 0 Å². The molecule has 1 saturated carbocycles. The Morgan fingerprint density at radius 1 is 1.48 bits per heavy atom. The Morgan fingerprint density at radius 3 is 2.95 bits per heavy atom. The fourth-order valence-electron chi connectivity index (χ4n) is 2.81. The molecule has 2 rings (SSSR count). The van der Waals surface area contributed by atoms with Crippen LogP contribution in [0.3, 0.4) is 0 Å². The summed E-state index contributed by atoms with van der Waals surface area (Å²) in [6.45, 7) is 1.36. The van der Waals surface area contributed by atoms with Crippen LogP contribution in [-0.4, -0.2) is 30.8 Å². The average molecular weight is 295 g/mol. The molecule has 2 N–H and O–H groups in total.